The van der Waals surface area contributed by atoms with Gasteiger partial charge >= 0.3 is 5.97 Å². The van der Waals surface area contributed by atoms with Crippen LogP contribution < -0.4 is 5.73 Å². The van der Waals surface area contributed by atoms with Crippen molar-refractivity contribution in [2.45, 2.75) is 12.5 Å². The molecule has 3 nitrogen and oxygen atoms in total. The quantitative estimate of drug-likeness (QED) is 0.843. The number of benzene rings is 1. The van der Waals surface area contributed by atoms with Crippen molar-refractivity contribution in [1.82, 2.24) is 0 Å². The van der Waals surface area contributed by atoms with E-state index in [2.05, 4.69) is 11.8 Å². The maximum Gasteiger partial charge on any atom is 0.305 e. The van der Waals surface area contributed by atoms with Crippen LogP contribution in [-0.2, 0) is 4.79 Å². The summed E-state index contributed by atoms with van der Waals surface area (Å²) in [7, 11) is 0. The number of hydrogen-bond acceptors (Lipinski definition) is 3. The highest BCUT2D eigenvalue weighted by Crippen LogP contribution is 2.22. The summed E-state index contributed by atoms with van der Waals surface area (Å²) >= 11 is 1.44. The number of carboxylic acid groups (broad SMARTS) is 1. The largest absolute Gasteiger partial charge is 0.481 e. The van der Waals surface area contributed by atoms with Crippen molar-refractivity contribution in [2.24, 2.45) is 5.73 Å². The van der Waals surface area contributed by atoms with E-state index in [1.807, 2.05) is 41.8 Å². The summed E-state index contributed by atoms with van der Waals surface area (Å²) in [6, 6.07) is 11.1. The van der Waals surface area contributed by atoms with Gasteiger partial charge in [0.1, 0.15) is 0 Å². The third kappa shape index (κ3) is 3.95. The average Bonchev–Trinajstić information content (AvgIpc) is 2.86. The van der Waals surface area contributed by atoms with E-state index in [1.54, 1.807) is 0 Å². The Hall–Kier alpha value is -2.09. The lowest BCUT2D eigenvalue weighted by Gasteiger charge is -2.04. The number of thiophene rings is 1. The lowest BCUT2D eigenvalue weighted by molar-refractivity contribution is -0.137. The molecule has 0 aliphatic heterocycles. The van der Waals surface area contributed by atoms with Gasteiger partial charge in [-0.15, -0.1) is 11.3 Å². The van der Waals surface area contributed by atoms with Crippen LogP contribution in [0.1, 0.15) is 28.5 Å². The molecule has 0 radical (unpaired) electrons. The van der Waals surface area contributed by atoms with Crippen molar-refractivity contribution < 1.29 is 9.90 Å². The minimum Gasteiger partial charge on any atom is -0.481 e. The molecule has 96 valence electrons. The molecule has 1 aromatic carbocycles. The Kier molecular flexibility index (Phi) is 4.35. The van der Waals surface area contributed by atoms with Gasteiger partial charge < -0.3 is 10.8 Å². The number of carbonyl (C=O) groups is 1. The third-order valence-corrected chi connectivity index (χ3v) is 3.57. The van der Waals surface area contributed by atoms with E-state index >= 15 is 0 Å². The third-order valence-electron chi connectivity index (χ3n) is 2.50. The molecule has 0 saturated heterocycles. The molecule has 2 rings (SSSR count). The van der Waals surface area contributed by atoms with E-state index in [0.29, 0.717) is 0 Å². The van der Waals surface area contributed by atoms with Gasteiger partial charge in [0.05, 0.1) is 6.42 Å². The standard InChI is InChI=1S/C15H13NO2S/c16-13(9-15(17)18)14-8-12(10-19-14)7-6-11-4-2-1-3-5-11/h1-5,8,10,13H,9,16H2,(H,17,18). The molecule has 19 heavy (non-hydrogen) atoms. The zero-order valence-electron chi connectivity index (χ0n) is 10.2. The molecule has 0 amide bonds. The minimum atomic E-state index is -0.891. The molecule has 0 aliphatic rings. The van der Waals surface area contributed by atoms with Gasteiger partial charge in [-0.1, -0.05) is 30.0 Å². The summed E-state index contributed by atoms with van der Waals surface area (Å²) in [6.45, 7) is 0. The summed E-state index contributed by atoms with van der Waals surface area (Å²) in [5.74, 6) is 5.21. The fourth-order valence-electron chi connectivity index (χ4n) is 1.57. The van der Waals surface area contributed by atoms with Crippen molar-refractivity contribution in [3.05, 3.63) is 57.8 Å². The first-order valence-corrected chi connectivity index (χ1v) is 6.66. The number of aliphatic carboxylic acids is 1. The van der Waals surface area contributed by atoms with Crippen molar-refractivity contribution in [3.63, 3.8) is 0 Å². The first-order chi connectivity index (χ1) is 9.15. The van der Waals surface area contributed by atoms with Gasteiger partial charge in [0.2, 0.25) is 0 Å². The van der Waals surface area contributed by atoms with Crippen LogP contribution in [0.4, 0.5) is 0 Å². The SMILES string of the molecule is NC(CC(=O)O)c1cc(C#Cc2ccccc2)cs1. The Labute approximate surface area is 115 Å². The summed E-state index contributed by atoms with van der Waals surface area (Å²) < 4.78 is 0. The number of carboxylic acids is 1. The Bertz CT molecular complexity index is 622. The van der Waals surface area contributed by atoms with Gasteiger partial charge in [-0.25, -0.2) is 0 Å². The molecule has 4 heteroatoms. The van der Waals surface area contributed by atoms with Crippen LogP contribution in [0, 0.1) is 11.8 Å². The second kappa shape index (κ2) is 6.19. The van der Waals surface area contributed by atoms with Gasteiger partial charge in [0.25, 0.3) is 0 Å². The van der Waals surface area contributed by atoms with Crippen LogP contribution in [-0.4, -0.2) is 11.1 Å². The van der Waals surface area contributed by atoms with Crippen LogP contribution in [0.3, 0.4) is 0 Å². The van der Waals surface area contributed by atoms with Crippen molar-refractivity contribution >= 4 is 17.3 Å². The monoisotopic (exact) mass is 271 g/mol. The van der Waals surface area contributed by atoms with Gasteiger partial charge in [0, 0.05) is 27.4 Å². The highest BCUT2D eigenvalue weighted by Gasteiger charge is 2.12. The predicted octanol–water partition coefficient (Wildman–Crippen LogP) is 2.62. The number of rotatable bonds is 3. The Morgan fingerprint density at radius 3 is 2.63 bits per heavy atom. The van der Waals surface area contributed by atoms with E-state index < -0.39 is 12.0 Å². The normalized spacial score (nSPS) is 11.4. The molecular weight excluding hydrogens is 258 g/mol. The summed E-state index contributed by atoms with van der Waals surface area (Å²) in [5.41, 5.74) is 7.61. The van der Waals surface area contributed by atoms with Crippen LogP contribution in [0.15, 0.2) is 41.8 Å². The Morgan fingerprint density at radius 1 is 1.26 bits per heavy atom. The Balaban J connectivity index is 2.10. The van der Waals surface area contributed by atoms with Crippen LogP contribution >= 0.6 is 11.3 Å². The van der Waals surface area contributed by atoms with E-state index in [1.165, 1.54) is 11.3 Å². The zero-order chi connectivity index (χ0) is 13.7. The van der Waals surface area contributed by atoms with E-state index in [9.17, 15) is 4.79 Å². The van der Waals surface area contributed by atoms with Crippen LogP contribution in [0.5, 0.6) is 0 Å². The number of hydrogen-bond donors (Lipinski definition) is 2. The predicted molar refractivity (Wildman–Crippen MR) is 75.9 cm³/mol. The molecule has 1 heterocycles. The molecule has 1 atom stereocenters. The molecule has 1 aromatic heterocycles. The van der Waals surface area contributed by atoms with E-state index in [-0.39, 0.29) is 6.42 Å². The van der Waals surface area contributed by atoms with E-state index in [0.717, 1.165) is 16.0 Å². The second-order valence-electron chi connectivity index (χ2n) is 4.06. The highest BCUT2D eigenvalue weighted by atomic mass is 32.1. The molecule has 0 bridgehead atoms. The first-order valence-electron chi connectivity index (χ1n) is 5.78. The zero-order valence-corrected chi connectivity index (χ0v) is 11.0. The fraction of sp³-hybridized carbons (Fsp3) is 0.133. The smallest absolute Gasteiger partial charge is 0.305 e. The van der Waals surface area contributed by atoms with Crippen molar-refractivity contribution in [1.29, 1.82) is 0 Å². The van der Waals surface area contributed by atoms with E-state index in [4.69, 9.17) is 10.8 Å². The fourth-order valence-corrected chi connectivity index (χ4v) is 2.41. The van der Waals surface area contributed by atoms with Crippen LogP contribution in [0.25, 0.3) is 0 Å². The van der Waals surface area contributed by atoms with Crippen molar-refractivity contribution in [3.8, 4) is 11.8 Å². The van der Waals surface area contributed by atoms with Crippen LogP contribution in [0.2, 0.25) is 0 Å². The average molecular weight is 271 g/mol. The van der Waals surface area contributed by atoms with Gasteiger partial charge in [0.15, 0.2) is 0 Å². The summed E-state index contributed by atoms with van der Waals surface area (Å²) in [5, 5.41) is 10.6. The molecule has 0 fully saturated rings. The maximum atomic E-state index is 10.6. The number of nitrogens with two attached hydrogens (primary N) is 1. The first kappa shape index (κ1) is 13.3. The van der Waals surface area contributed by atoms with Gasteiger partial charge in [-0.2, -0.15) is 0 Å². The highest BCUT2D eigenvalue weighted by molar-refractivity contribution is 7.10. The molecular formula is C15H13NO2S. The molecule has 0 spiro atoms. The van der Waals surface area contributed by atoms with Gasteiger partial charge in [-0.05, 0) is 18.2 Å². The molecule has 0 aliphatic carbocycles. The second-order valence-corrected chi connectivity index (χ2v) is 5.00. The van der Waals surface area contributed by atoms with Crippen molar-refractivity contribution in [2.75, 3.05) is 0 Å². The molecule has 3 N–H and O–H groups in total. The Morgan fingerprint density at radius 2 is 1.95 bits per heavy atom. The van der Waals surface area contributed by atoms with Gasteiger partial charge in [-0.3, -0.25) is 4.79 Å². The minimum absolute atomic E-state index is 0.0634. The summed E-state index contributed by atoms with van der Waals surface area (Å²) in [4.78, 5) is 11.4. The molecule has 1 unspecified atom stereocenters. The lowest BCUT2D eigenvalue weighted by Crippen LogP contribution is -2.13. The summed E-state index contributed by atoms with van der Waals surface area (Å²) in [6.07, 6.45) is -0.0634. The molecule has 2 aromatic rings. The lowest BCUT2D eigenvalue weighted by atomic mass is 10.1. The topological polar surface area (TPSA) is 63.3 Å². The maximum absolute atomic E-state index is 10.6. The molecule has 0 saturated carbocycles.